The van der Waals surface area contributed by atoms with Gasteiger partial charge >= 0.3 is 5.69 Å². The van der Waals surface area contributed by atoms with Crippen LogP contribution in [0.25, 0.3) is 11.0 Å². The molecule has 0 radical (unpaired) electrons. The van der Waals surface area contributed by atoms with Crippen LogP contribution in [0.15, 0.2) is 18.5 Å². The molecule has 1 N–H and O–H groups in total. The first-order valence-electron chi connectivity index (χ1n) is 3.45. The molecule has 0 atom stereocenters. The number of pyridine rings is 1. The maximum absolute atomic E-state index is 10.5. The molecule has 0 bridgehead atoms. The van der Waals surface area contributed by atoms with E-state index in [9.17, 15) is 10.1 Å². The molecule has 13 heavy (non-hydrogen) atoms. The maximum Gasteiger partial charge on any atom is 0.312 e. The van der Waals surface area contributed by atoms with Crippen molar-refractivity contribution in [2.75, 3.05) is 0 Å². The molecule has 0 aliphatic heterocycles. The van der Waals surface area contributed by atoms with E-state index in [0.717, 1.165) is 3.57 Å². The average molecular weight is 289 g/mol. The molecule has 2 heterocycles. The summed E-state index contributed by atoms with van der Waals surface area (Å²) in [5.41, 5.74) is 1.12. The van der Waals surface area contributed by atoms with Crippen molar-refractivity contribution in [1.29, 1.82) is 0 Å². The van der Waals surface area contributed by atoms with Crippen molar-refractivity contribution in [3.63, 3.8) is 0 Å². The zero-order chi connectivity index (χ0) is 9.42. The summed E-state index contributed by atoms with van der Waals surface area (Å²) in [7, 11) is 0. The standard InChI is InChI=1S/C7H4IN3O2/c8-4-1-5-7(10-2-4)6(3-9-5)11(12)13/h1-3,9H. The van der Waals surface area contributed by atoms with Crippen LogP contribution in [0.5, 0.6) is 0 Å². The van der Waals surface area contributed by atoms with Crippen LogP contribution >= 0.6 is 22.6 Å². The molecule has 0 unspecified atom stereocenters. The summed E-state index contributed by atoms with van der Waals surface area (Å²) in [6, 6.07) is 1.82. The van der Waals surface area contributed by atoms with E-state index in [1.807, 2.05) is 6.07 Å². The summed E-state index contributed by atoms with van der Waals surface area (Å²) in [4.78, 5) is 16.8. The van der Waals surface area contributed by atoms with Crippen molar-refractivity contribution >= 4 is 39.3 Å². The van der Waals surface area contributed by atoms with Crippen LogP contribution < -0.4 is 0 Å². The van der Waals surface area contributed by atoms with Crippen LogP contribution in [0.3, 0.4) is 0 Å². The van der Waals surface area contributed by atoms with Crippen molar-refractivity contribution in [2.24, 2.45) is 0 Å². The highest BCUT2D eigenvalue weighted by Crippen LogP contribution is 2.23. The largest absolute Gasteiger partial charge is 0.354 e. The van der Waals surface area contributed by atoms with Gasteiger partial charge in [-0.3, -0.25) is 10.1 Å². The predicted molar refractivity (Wildman–Crippen MR) is 55.5 cm³/mol. The molecule has 0 amide bonds. The van der Waals surface area contributed by atoms with E-state index in [2.05, 4.69) is 32.6 Å². The number of halogens is 1. The minimum absolute atomic E-state index is 0.0198. The van der Waals surface area contributed by atoms with E-state index < -0.39 is 4.92 Å². The zero-order valence-electron chi connectivity index (χ0n) is 6.32. The van der Waals surface area contributed by atoms with Gasteiger partial charge in [-0.2, -0.15) is 0 Å². The SMILES string of the molecule is O=[N+]([O-])c1c[nH]c2cc(I)cnc12. The van der Waals surface area contributed by atoms with Crippen LogP contribution in [0.4, 0.5) is 5.69 Å². The smallest absolute Gasteiger partial charge is 0.312 e. The summed E-state index contributed by atoms with van der Waals surface area (Å²) in [6.07, 6.45) is 2.96. The minimum Gasteiger partial charge on any atom is -0.354 e. The molecule has 0 spiro atoms. The van der Waals surface area contributed by atoms with E-state index in [1.54, 1.807) is 6.20 Å². The predicted octanol–water partition coefficient (Wildman–Crippen LogP) is 2.08. The lowest BCUT2D eigenvalue weighted by atomic mass is 10.4. The lowest BCUT2D eigenvalue weighted by molar-refractivity contribution is -0.383. The number of aromatic nitrogens is 2. The van der Waals surface area contributed by atoms with Crippen LogP contribution in [-0.2, 0) is 0 Å². The van der Waals surface area contributed by atoms with Crippen molar-refractivity contribution in [2.45, 2.75) is 0 Å². The third kappa shape index (κ3) is 1.37. The van der Waals surface area contributed by atoms with E-state index >= 15 is 0 Å². The first-order chi connectivity index (χ1) is 6.18. The average Bonchev–Trinajstić information content (AvgIpc) is 2.46. The number of hydrogen-bond donors (Lipinski definition) is 1. The highest BCUT2D eigenvalue weighted by Gasteiger charge is 2.14. The second-order valence-electron chi connectivity index (χ2n) is 2.48. The van der Waals surface area contributed by atoms with E-state index in [0.29, 0.717) is 11.0 Å². The molecule has 6 heteroatoms. The Morgan fingerprint density at radius 3 is 3.08 bits per heavy atom. The van der Waals surface area contributed by atoms with Crippen molar-refractivity contribution < 1.29 is 4.92 Å². The second kappa shape index (κ2) is 2.95. The van der Waals surface area contributed by atoms with Gasteiger partial charge in [-0.25, -0.2) is 4.98 Å². The first-order valence-corrected chi connectivity index (χ1v) is 4.53. The summed E-state index contributed by atoms with van der Waals surface area (Å²) >= 11 is 2.10. The Morgan fingerprint density at radius 1 is 1.62 bits per heavy atom. The van der Waals surface area contributed by atoms with Gasteiger partial charge in [0.25, 0.3) is 0 Å². The normalized spacial score (nSPS) is 10.5. The Hall–Kier alpha value is -1.18. The van der Waals surface area contributed by atoms with Gasteiger partial charge in [0.1, 0.15) is 0 Å². The molecule has 66 valence electrons. The Balaban J connectivity index is 2.76. The third-order valence-electron chi connectivity index (χ3n) is 1.66. The van der Waals surface area contributed by atoms with Gasteiger partial charge < -0.3 is 4.98 Å². The Kier molecular flexibility index (Phi) is 1.91. The molecule has 0 saturated carbocycles. The number of hydrogen-bond acceptors (Lipinski definition) is 3. The number of rotatable bonds is 1. The first kappa shape index (κ1) is 8.42. The second-order valence-corrected chi connectivity index (χ2v) is 3.73. The fourth-order valence-corrected chi connectivity index (χ4v) is 1.56. The quantitative estimate of drug-likeness (QED) is 0.496. The lowest BCUT2D eigenvalue weighted by Crippen LogP contribution is -1.86. The summed E-state index contributed by atoms with van der Waals surface area (Å²) in [5.74, 6) is 0. The van der Waals surface area contributed by atoms with Gasteiger partial charge in [-0.15, -0.1) is 0 Å². The van der Waals surface area contributed by atoms with Gasteiger partial charge in [-0.05, 0) is 28.7 Å². The fraction of sp³-hybridized carbons (Fsp3) is 0. The number of nitro groups is 1. The number of H-pyrrole nitrogens is 1. The summed E-state index contributed by atoms with van der Waals surface area (Å²) < 4.78 is 0.946. The van der Waals surface area contributed by atoms with Gasteiger partial charge in [0.15, 0.2) is 5.52 Å². The Labute approximate surface area is 86.5 Å². The summed E-state index contributed by atoms with van der Waals surface area (Å²) in [5, 5.41) is 10.5. The lowest BCUT2D eigenvalue weighted by Gasteiger charge is -1.89. The van der Waals surface area contributed by atoms with Gasteiger partial charge in [0.2, 0.25) is 0 Å². The van der Waals surface area contributed by atoms with E-state index in [4.69, 9.17) is 0 Å². The summed E-state index contributed by atoms with van der Waals surface area (Å²) in [6.45, 7) is 0. The number of aromatic amines is 1. The Bertz CT molecular complexity index is 480. The van der Waals surface area contributed by atoms with Crippen LogP contribution in [0.1, 0.15) is 0 Å². The number of nitrogens with one attached hydrogen (secondary N) is 1. The molecular formula is C7H4IN3O2. The van der Waals surface area contributed by atoms with Crippen molar-refractivity contribution in [3.8, 4) is 0 Å². The fourth-order valence-electron chi connectivity index (χ4n) is 1.11. The topological polar surface area (TPSA) is 71.8 Å². The van der Waals surface area contributed by atoms with Crippen molar-refractivity contribution in [1.82, 2.24) is 9.97 Å². The van der Waals surface area contributed by atoms with Crippen molar-refractivity contribution in [3.05, 3.63) is 32.1 Å². The third-order valence-corrected chi connectivity index (χ3v) is 2.25. The molecule has 2 aromatic heterocycles. The zero-order valence-corrected chi connectivity index (χ0v) is 8.48. The monoisotopic (exact) mass is 289 g/mol. The Morgan fingerprint density at radius 2 is 2.38 bits per heavy atom. The molecule has 5 nitrogen and oxygen atoms in total. The van der Waals surface area contributed by atoms with Crippen LogP contribution in [-0.4, -0.2) is 14.9 Å². The highest BCUT2D eigenvalue weighted by molar-refractivity contribution is 14.1. The molecule has 2 aromatic rings. The molecule has 0 fully saturated rings. The molecule has 2 rings (SSSR count). The molecule has 0 aromatic carbocycles. The number of nitrogens with zero attached hydrogens (tertiary/aromatic N) is 2. The van der Waals surface area contributed by atoms with Gasteiger partial charge in [0, 0.05) is 9.77 Å². The van der Waals surface area contributed by atoms with Crippen LogP contribution in [0, 0.1) is 13.7 Å². The molecule has 0 aliphatic carbocycles. The van der Waals surface area contributed by atoms with E-state index in [-0.39, 0.29) is 5.69 Å². The van der Waals surface area contributed by atoms with E-state index in [1.165, 1.54) is 6.20 Å². The highest BCUT2D eigenvalue weighted by atomic mass is 127. The minimum atomic E-state index is -0.446. The molecule has 0 aliphatic rings. The van der Waals surface area contributed by atoms with Gasteiger partial charge in [0.05, 0.1) is 16.6 Å². The number of fused-ring (bicyclic) bond motifs is 1. The van der Waals surface area contributed by atoms with Gasteiger partial charge in [-0.1, -0.05) is 0 Å². The van der Waals surface area contributed by atoms with Crippen LogP contribution in [0.2, 0.25) is 0 Å². The maximum atomic E-state index is 10.5. The molecule has 0 saturated heterocycles. The molecular weight excluding hydrogens is 285 g/mol.